The van der Waals surface area contributed by atoms with Crippen molar-refractivity contribution >= 4 is 15.9 Å². The van der Waals surface area contributed by atoms with Gasteiger partial charge in [0, 0.05) is 18.2 Å². The second-order valence-electron chi connectivity index (χ2n) is 4.37. The number of rotatable bonds is 2. The first kappa shape index (κ1) is 12.2. The Hall–Kier alpha value is -1.87. The van der Waals surface area contributed by atoms with Gasteiger partial charge in [0.1, 0.15) is 5.69 Å². The molecule has 0 amide bonds. The molecule has 3 rings (SSSR count). The Morgan fingerprint density at radius 3 is 1.95 bits per heavy atom. The minimum Gasteiger partial charge on any atom is -0.266 e. The summed E-state index contributed by atoms with van der Waals surface area (Å²) in [5.74, 6) is 0. The van der Waals surface area contributed by atoms with E-state index in [9.17, 15) is 0 Å². The fraction of sp³-hybridized carbons (Fsp3) is 0.0625. The van der Waals surface area contributed by atoms with Gasteiger partial charge in [-0.15, -0.1) is 0 Å². The zero-order valence-electron chi connectivity index (χ0n) is 10.5. The molecule has 0 aliphatic heterocycles. The molecule has 94 valence electrons. The molecule has 0 bridgehead atoms. The minimum absolute atomic E-state index is 0.974. The summed E-state index contributed by atoms with van der Waals surface area (Å²) in [6, 6.07) is 20.5. The van der Waals surface area contributed by atoms with Crippen molar-refractivity contribution in [1.29, 1.82) is 0 Å². The smallest absolute Gasteiger partial charge is 0.107 e. The van der Waals surface area contributed by atoms with Gasteiger partial charge in [-0.2, -0.15) is 5.10 Å². The fourth-order valence-electron chi connectivity index (χ4n) is 2.19. The Morgan fingerprint density at radius 1 is 0.842 bits per heavy atom. The van der Waals surface area contributed by atoms with E-state index in [2.05, 4.69) is 45.3 Å². The Labute approximate surface area is 120 Å². The van der Waals surface area contributed by atoms with Crippen molar-refractivity contribution < 1.29 is 0 Å². The summed E-state index contributed by atoms with van der Waals surface area (Å²) >= 11 is 3.69. The first-order valence-electron chi connectivity index (χ1n) is 6.10. The first-order chi connectivity index (χ1) is 9.27. The fourth-order valence-corrected chi connectivity index (χ4v) is 2.98. The van der Waals surface area contributed by atoms with Gasteiger partial charge in [0.05, 0.1) is 10.2 Å². The number of benzene rings is 2. The van der Waals surface area contributed by atoms with Gasteiger partial charge in [-0.3, -0.25) is 4.68 Å². The average molecular weight is 313 g/mol. The summed E-state index contributed by atoms with van der Waals surface area (Å²) < 4.78 is 2.95. The molecule has 1 heterocycles. The molecule has 0 atom stereocenters. The molecule has 0 aliphatic carbocycles. The maximum Gasteiger partial charge on any atom is 0.107 e. The second kappa shape index (κ2) is 5.02. The highest BCUT2D eigenvalue weighted by Gasteiger charge is 2.16. The second-order valence-corrected chi connectivity index (χ2v) is 5.16. The third-order valence-electron chi connectivity index (χ3n) is 3.08. The van der Waals surface area contributed by atoms with Crippen molar-refractivity contribution in [3.63, 3.8) is 0 Å². The molecule has 2 nitrogen and oxygen atoms in total. The van der Waals surface area contributed by atoms with Crippen molar-refractivity contribution in [2.45, 2.75) is 0 Å². The van der Waals surface area contributed by atoms with Crippen LogP contribution in [-0.4, -0.2) is 9.78 Å². The maximum atomic E-state index is 4.63. The largest absolute Gasteiger partial charge is 0.266 e. The van der Waals surface area contributed by atoms with Gasteiger partial charge in [0.25, 0.3) is 0 Å². The monoisotopic (exact) mass is 312 g/mol. The third-order valence-corrected chi connectivity index (χ3v) is 3.84. The molecule has 0 saturated heterocycles. The number of halogens is 1. The quantitative estimate of drug-likeness (QED) is 0.680. The number of nitrogens with zero attached hydrogens (tertiary/aromatic N) is 2. The summed E-state index contributed by atoms with van der Waals surface area (Å²) in [6.45, 7) is 0. The van der Waals surface area contributed by atoms with Crippen LogP contribution in [0.15, 0.2) is 65.1 Å². The number of aromatic nitrogens is 2. The summed E-state index contributed by atoms with van der Waals surface area (Å²) in [5, 5.41) is 4.63. The van der Waals surface area contributed by atoms with E-state index in [0.29, 0.717) is 0 Å². The number of hydrogen-bond donors (Lipinski definition) is 0. The van der Waals surface area contributed by atoms with Crippen molar-refractivity contribution in [2.24, 2.45) is 7.05 Å². The van der Waals surface area contributed by atoms with Crippen LogP contribution < -0.4 is 0 Å². The number of aryl methyl sites for hydroxylation is 1. The zero-order valence-corrected chi connectivity index (χ0v) is 12.1. The van der Waals surface area contributed by atoms with E-state index < -0.39 is 0 Å². The predicted molar refractivity (Wildman–Crippen MR) is 81.8 cm³/mol. The Bertz CT molecular complexity index is 688. The van der Waals surface area contributed by atoms with Crippen LogP contribution in [-0.2, 0) is 7.05 Å². The van der Waals surface area contributed by atoms with Crippen LogP contribution in [0.25, 0.3) is 22.5 Å². The van der Waals surface area contributed by atoms with E-state index in [1.54, 1.807) is 0 Å². The molecule has 1 aromatic heterocycles. The Kier molecular flexibility index (Phi) is 3.22. The van der Waals surface area contributed by atoms with Crippen LogP contribution >= 0.6 is 15.9 Å². The topological polar surface area (TPSA) is 17.8 Å². The summed E-state index contributed by atoms with van der Waals surface area (Å²) in [5.41, 5.74) is 4.35. The minimum atomic E-state index is 0.974. The summed E-state index contributed by atoms with van der Waals surface area (Å²) in [7, 11) is 1.97. The van der Waals surface area contributed by atoms with Gasteiger partial charge >= 0.3 is 0 Å². The summed E-state index contributed by atoms with van der Waals surface area (Å²) in [6.07, 6.45) is 0. The molecule has 0 saturated carbocycles. The van der Waals surface area contributed by atoms with Crippen LogP contribution in [0, 0.1) is 0 Å². The van der Waals surface area contributed by atoms with E-state index in [1.807, 2.05) is 48.1 Å². The van der Waals surface area contributed by atoms with Crippen LogP contribution in [0.2, 0.25) is 0 Å². The van der Waals surface area contributed by atoms with Crippen LogP contribution in [0.3, 0.4) is 0 Å². The molecule has 3 heteroatoms. The van der Waals surface area contributed by atoms with E-state index in [-0.39, 0.29) is 0 Å². The summed E-state index contributed by atoms with van der Waals surface area (Å²) in [4.78, 5) is 0. The molecule has 0 N–H and O–H groups in total. The molecular formula is C16H13BrN2. The lowest BCUT2D eigenvalue weighted by Gasteiger charge is -2.02. The van der Waals surface area contributed by atoms with Gasteiger partial charge in [-0.1, -0.05) is 60.7 Å². The molecule has 0 fully saturated rings. The SMILES string of the molecule is Cn1nc(-c2ccccc2)c(Br)c1-c1ccccc1. The maximum absolute atomic E-state index is 4.63. The van der Waals surface area contributed by atoms with Crippen molar-refractivity contribution in [3.05, 3.63) is 65.1 Å². The molecule has 0 unspecified atom stereocenters. The van der Waals surface area contributed by atoms with Gasteiger partial charge in [-0.25, -0.2) is 0 Å². The lowest BCUT2D eigenvalue weighted by Crippen LogP contribution is -1.93. The van der Waals surface area contributed by atoms with Crippen molar-refractivity contribution in [2.75, 3.05) is 0 Å². The van der Waals surface area contributed by atoms with Crippen molar-refractivity contribution in [1.82, 2.24) is 9.78 Å². The average Bonchev–Trinajstić information content (AvgIpc) is 2.76. The molecule has 19 heavy (non-hydrogen) atoms. The van der Waals surface area contributed by atoms with Gasteiger partial charge in [0.15, 0.2) is 0 Å². The van der Waals surface area contributed by atoms with Crippen LogP contribution in [0.1, 0.15) is 0 Å². The normalized spacial score (nSPS) is 10.6. The van der Waals surface area contributed by atoms with E-state index in [0.717, 1.165) is 27.0 Å². The molecule has 3 aromatic rings. The van der Waals surface area contributed by atoms with Crippen molar-refractivity contribution in [3.8, 4) is 22.5 Å². The molecule has 2 aromatic carbocycles. The highest BCUT2D eigenvalue weighted by Crippen LogP contribution is 2.35. The van der Waals surface area contributed by atoms with E-state index in [4.69, 9.17) is 0 Å². The molecule has 0 aliphatic rings. The molecular weight excluding hydrogens is 300 g/mol. The molecule has 0 spiro atoms. The van der Waals surface area contributed by atoms with Gasteiger partial charge in [0.2, 0.25) is 0 Å². The van der Waals surface area contributed by atoms with Crippen LogP contribution in [0.4, 0.5) is 0 Å². The Balaban J connectivity index is 2.17. The lowest BCUT2D eigenvalue weighted by molar-refractivity contribution is 0.779. The molecule has 0 radical (unpaired) electrons. The Morgan fingerprint density at radius 2 is 1.37 bits per heavy atom. The lowest BCUT2D eigenvalue weighted by atomic mass is 10.1. The van der Waals surface area contributed by atoms with E-state index >= 15 is 0 Å². The third kappa shape index (κ3) is 2.22. The first-order valence-corrected chi connectivity index (χ1v) is 6.90. The predicted octanol–water partition coefficient (Wildman–Crippen LogP) is 4.52. The zero-order chi connectivity index (χ0) is 13.2. The van der Waals surface area contributed by atoms with Gasteiger partial charge < -0.3 is 0 Å². The number of hydrogen-bond acceptors (Lipinski definition) is 1. The van der Waals surface area contributed by atoms with Gasteiger partial charge in [-0.05, 0) is 15.9 Å². The highest BCUT2D eigenvalue weighted by atomic mass is 79.9. The highest BCUT2D eigenvalue weighted by molar-refractivity contribution is 9.10. The van der Waals surface area contributed by atoms with E-state index in [1.165, 1.54) is 0 Å². The van der Waals surface area contributed by atoms with Crippen LogP contribution in [0.5, 0.6) is 0 Å². The standard InChI is InChI=1S/C16H13BrN2/c1-19-16(13-10-6-3-7-11-13)14(17)15(18-19)12-8-4-2-5-9-12/h2-11H,1H3.